The summed E-state index contributed by atoms with van der Waals surface area (Å²) in [6.07, 6.45) is 7.15. The van der Waals surface area contributed by atoms with Gasteiger partial charge in [-0.1, -0.05) is 25.1 Å². The molecule has 0 radical (unpaired) electrons. The lowest BCUT2D eigenvalue weighted by atomic mass is 9.54. The molecule has 0 bridgehead atoms. The lowest BCUT2D eigenvalue weighted by molar-refractivity contribution is -0.129. The van der Waals surface area contributed by atoms with Crippen molar-refractivity contribution >= 4 is 5.78 Å². The lowest BCUT2D eigenvalue weighted by Crippen LogP contribution is -2.44. The highest BCUT2D eigenvalue weighted by atomic mass is 16.5. The van der Waals surface area contributed by atoms with Crippen molar-refractivity contribution in [3.8, 4) is 11.5 Å². The molecule has 0 spiro atoms. The first-order chi connectivity index (χ1) is 14.5. The number of methoxy groups -OCH3 is 1. The van der Waals surface area contributed by atoms with Gasteiger partial charge < -0.3 is 9.84 Å². The first-order valence-electron chi connectivity index (χ1n) is 11.5. The monoisotopic (exact) mass is 404 g/mol. The van der Waals surface area contributed by atoms with Crippen molar-refractivity contribution in [1.29, 1.82) is 0 Å². The van der Waals surface area contributed by atoms with E-state index in [1.54, 1.807) is 7.11 Å². The maximum atomic E-state index is 13.2. The topological polar surface area (TPSA) is 46.5 Å². The van der Waals surface area contributed by atoms with Crippen molar-refractivity contribution in [3.63, 3.8) is 0 Å². The molecule has 0 unspecified atom stereocenters. The molecule has 0 amide bonds. The molecule has 2 aromatic carbocycles. The standard InChI is InChI=1S/C27H32O3/c1-27-14-13-23-22-12-8-20(28)15-18(22)7-11-24(23)26(27)19(16-25(27)29)6-3-17-4-9-21(30-2)10-5-17/h4-5,8-10,12,15,19,23-24,26,28H,3,6-7,11,13-14,16H2,1-2H3/t19-,23+,24+,26-,27+/m0/s1. The van der Waals surface area contributed by atoms with Crippen LogP contribution in [0, 0.1) is 23.2 Å². The molecule has 3 aliphatic rings. The Kier molecular flexibility index (Phi) is 4.88. The van der Waals surface area contributed by atoms with E-state index >= 15 is 0 Å². The summed E-state index contributed by atoms with van der Waals surface area (Å²) in [7, 11) is 1.70. The highest BCUT2D eigenvalue weighted by Gasteiger charge is 2.58. The Bertz CT molecular complexity index is 947. The number of aryl methyl sites for hydroxylation is 2. The highest BCUT2D eigenvalue weighted by molar-refractivity contribution is 5.87. The van der Waals surface area contributed by atoms with E-state index in [2.05, 4.69) is 25.1 Å². The number of Topliss-reactive ketones (excluding diaryl/α,β-unsaturated/α-hetero) is 1. The van der Waals surface area contributed by atoms with Crippen molar-refractivity contribution in [2.45, 2.75) is 57.8 Å². The Hall–Kier alpha value is -2.29. The predicted molar refractivity (Wildman–Crippen MR) is 118 cm³/mol. The number of carbonyl (C=O) groups is 1. The summed E-state index contributed by atoms with van der Waals surface area (Å²) in [6, 6.07) is 14.3. The third-order valence-electron chi connectivity index (χ3n) is 8.52. The number of phenolic OH excluding ortho intramolecular Hbond substituents is 1. The number of aromatic hydroxyl groups is 1. The van der Waals surface area contributed by atoms with Crippen molar-refractivity contribution < 1.29 is 14.6 Å². The van der Waals surface area contributed by atoms with Crippen LogP contribution in [-0.4, -0.2) is 18.0 Å². The Balaban J connectivity index is 1.39. The van der Waals surface area contributed by atoms with Gasteiger partial charge in [-0.3, -0.25) is 4.79 Å². The number of carbonyl (C=O) groups excluding carboxylic acids is 1. The predicted octanol–water partition coefficient (Wildman–Crippen LogP) is 5.68. The average Bonchev–Trinajstić information content (AvgIpc) is 3.02. The summed E-state index contributed by atoms with van der Waals surface area (Å²) in [5.74, 6) is 3.88. The van der Waals surface area contributed by atoms with Gasteiger partial charge >= 0.3 is 0 Å². The first-order valence-corrected chi connectivity index (χ1v) is 11.5. The van der Waals surface area contributed by atoms with E-state index in [1.807, 2.05) is 24.3 Å². The van der Waals surface area contributed by atoms with Crippen LogP contribution in [0.3, 0.4) is 0 Å². The second-order valence-electron chi connectivity index (χ2n) is 9.95. The van der Waals surface area contributed by atoms with E-state index in [4.69, 9.17) is 4.74 Å². The summed E-state index contributed by atoms with van der Waals surface area (Å²) in [5, 5.41) is 9.91. The number of fused-ring (bicyclic) bond motifs is 5. The summed E-state index contributed by atoms with van der Waals surface area (Å²) < 4.78 is 5.28. The molecule has 0 aromatic heterocycles. The van der Waals surface area contributed by atoms with Crippen LogP contribution in [0.4, 0.5) is 0 Å². The molecule has 0 aliphatic heterocycles. The van der Waals surface area contributed by atoms with E-state index in [0.29, 0.717) is 35.2 Å². The number of hydrogen-bond donors (Lipinski definition) is 1. The normalized spacial score (nSPS) is 32.3. The molecule has 3 aliphatic carbocycles. The van der Waals surface area contributed by atoms with E-state index in [9.17, 15) is 9.90 Å². The minimum absolute atomic E-state index is 0.139. The van der Waals surface area contributed by atoms with Crippen molar-refractivity contribution in [2.24, 2.45) is 23.2 Å². The maximum absolute atomic E-state index is 13.2. The minimum Gasteiger partial charge on any atom is -0.508 e. The van der Waals surface area contributed by atoms with Crippen LogP contribution in [0.25, 0.3) is 0 Å². The molecular weight excluding hydrogens is 372 g/mol. The largest absolute Gasteiger partial charge is 0.508 e. The molecule has 3 nitrogen and oxygen atoms in total. The number of hydrogen-bond acceptors (Lipinski definition) is 3. The fraction of sp³-hybridized carbons (Fsp3) is 0.519. The highest BCUT2D eigenvalue weighted by Crippen LogP contribution is 2.62. The van der Waals surface area contributed by atoms with Gasteiger partial charge in [0.05, 0.1) is 7.11 Å². The molecule has 0 saturated heterocycles. The minimum atomic E-state index is -0.139. The van der Waals surface area contributed by atoms with Gasteiger partial charge in [0.2, 0.25) is 0 Å². The SMILES string of the molecule is COc1ccc(CC[C@H]2CC(=O)[C@@]3(C)CC[C@@H]4c5ccc(O)cc5CC[C@H]4[C@H]23)cc1. The molecule has 3 heteroatoms. The van der Waals surface area contributed by atoms with Gasteiger partial charge in [0.1, 0.15) is 17.3 Å². The zero-order chi connectivity index (χ0) is 20.9. The van der Waals surface area contributed by atoms with E-state index in [1.165, 1.54) is 16.7 Å². The van der Waals surface area contributed by atoms with Crippen LogP contribution in [-0.2, 0) is 17.6 Å². The average molecular weight is 405 g/mol. The second-order valence-corrected chi connectivity index (χ2v) is 9.95. The van der Waals surface area contributed by atoms with Gasteiger partial charge in [0.15, 0.2) is 0 Å². The quantitative estimate of drug-likeness (QED) is 0.713. The molecule has 5 rings (SSSR count). The second kappa shape index (κ2) is 7.44. The summed E-state index contributed by atoms with van der Waals surface area (Å²) in [4.78, 5) is 13.2. The van der Waals surface area contributed by atoms with Crippen LogP contribution in [0.2, 0.25) is 0 Å². The van der Waals surface area contributed by atoms with E-state index in [0.717, 1.165) is 50.7 Å². The third-order valence-corrected chi connectivity index (χ3v) is 8.52. The maximum Gasteiger partial charge on any atom is 0.139 e. The van der Waals surface area contributed by atoms with Gasteiger partial charge in [0.25, 0.3) is 0 Å². The number of phenols is 1. The molecule has 1 N–H and O–H groups in total. The van der Waals surface area contributed by atoms with Crippen LogP contribution >= 0.6 is 0 Å². The molecular formula is C27H32O3. The fourth-order valence-electron chi connectivity index (χ4n) is 7.04. The van der Waals surface area contributed by atoms with Gasteiger partial charge in [-0.05, 0) is 103 Å². The summed E-state index contributed by atoms with van der Waals surface area (Å²) >= 11 is 0. The zero-order valence-electron chi connectivity index (χ0n) is 18.1. The number of rotatable bonds is 4. The van der Waals surface area contributed by atoms with Crippen molar-refractivity contribution in [3.05, 3.63) is 59.2 Å². The lowest BCUT2D eigenvalue weighted by Gasteiger charge is -2.50. The third kappa shape index (κ3) is 3.14. The Morgan fingerprint density at radius 1 is 1.13 bits per heavy atom. The van der Waals surface area contributed by atoms with Gasteiger partial charge in [-0.15, -0.1) is 0 Å². The number of ether oxygens (including phenoxy) is 1. The zero-order valence-corrected chi connectivity index (χ0v) is 18.1. The smallest absolute Gasteiger partial charge is 0.139 e. The van der Waals surface area contributed by atoms with Gasteiger partial charge in [0, 0.05) is 11.8 Å². The summed E-state index contributed by atoms with van der Waals surface area (Å²) in [5.41, 5.74) is 3.94. The molecule has 2 saturated carbocycles. The molecule has 30 heavy (non-hydrogen) atoms. The van der Waals surface area contributed by atoms with Crippen LogP contribution in [0.5, 0.6) is 11.5 Å². The van der Waals surface area contributed by atoms with Crippen LogP contribution in [0.15, 0.2) is 42.5 Å². The molecule has 0 heterocycles. The summed E-state index contributed by atoms with van der Waals surface area (Å²) in [6.45, 7) is 2.26. The van der Waals surface area contributed by atoms with Gasteiger partial charge in [-0.2, -0.15) is 0 Å². The first kappa shape index (κ1) is 19.7. The Morgan fingerprint density at radius 2 is 1.93 bits per heavy atom. The van der Waals surface area contributed by atoms with E-state index in [-0.39, 0.29) is 5.41 Å². The molecule has 5 atom stereocenters. The fourth-order valence-corrected chi connectivity index (χ4v) is 7.04. The molecule has 2 fully saturated rings. The Morgan fingerprint density at radius 3 is 2.70 bits per heavy atom. The molecule has 158 valence electrons. The number of ketones is 1. The van der Waals surface area contributed by atoms with E-state index < -0.39 is 0 Å². The number of benzene rings is 2. The van der Waals surface area contributed by atoms with Crippen molar-refractivity contribution in [2.75, 3.05) is 7.11 Å². The Labute approximate surface area is 179 Å². The van der Waals surface area contributed by atoms with Gasteiger partial charge in [-0.25, -0.2) is 0 Å². The van der Waals surface area contributed by atoms with Crippen LogP contribution < -0.4 is 4.74 Å². The molecule has 2 aromatic rings. The van der Waals surface area contributed by atoms with Crippen molar-refractivity contribution in [1.82, 2.24) is 0 Å². The van der Waals surface area contributed by atoms with Crippen LogP contribution in [0.1, 0.15) is 61.6 Å².